The van der Waals surface area contributed by atoms with Crippen molar-refractivity contribution in [3.8, 4) is 17.2 Å². The summed E-state index contributed by atoms with van der Waals surface area (Å²) in [5, 5.41) is 0.659. The van der Waals surface area contributed by atoms with E-state index >= 15 is 0 Å². The lowest BCUT2D eigenvalue weighted by atomic mass is 10.1. The molecule has 0 aliphatic carbocycles. The van der Waals surface area contributed by atoms with Gasteiger partial charge in [-0.3, -0.25) is 0 Å². The summed E-state index contributed by atoms with van der Waals surface area (Å²) < 4.78 is 21.0. The molecule has 0 saturated heterocycles. The van der Waals surface area contributed by atoms with Gasteiger partial charge < -0.3 is 18.9 Å². The molecule has 6 nitrogen and oxygen atoms in total. The smallest absolute Gasteiger partial charge is 0.356 e. The van der Waals surface area contributed by atoms with Crippen molar-refractivity contribution in [2.75, 3.05) is 27.9 Å². The van der Waals surface area contributed by atoms with Crippen molar-refractivity contribution in [2.24, 2.45) is 0 Å². The van der Waals surface area contributed by atoms with E-state index in [4.69, 9.17) is 18.9 Å². The maximum absolute atomic E-state index is 11.8. The van der Waals surface area contributed by atoms with E-state index in [1.165, 1.54) is 14.2 Å². The number of carbonyl (C=O) groups is 1. The Morgan fingerprint density at radius 1 is 1.10 bits per heavy atom. The fourth-order valence-corrected chi connectivity index (χ4v) is 2.07. The van der Waals surface area contributed by atoms with E-state index in [-0.39, 0.29) is 5.69 Å². The Kier molecular flexibility index (Phi) is 4.47. The Labute approximate surface area is 122 Å². The van der Waals surface area contributed by atoms with Gasteiger partial charge in [0, 0.05) is 6.07 Å². The molecule has 112 valence electrons. The number of aromatic nitrogens is 1. The van der Waals surface area contributed by atoms with Gasteiger partial charge in [-0.25, -0.2) is 9.78 Å². The normalized spacial score (nSPS) is 10.3. The van der Waals surface area contributed by atoms with Crippen molar-refractivity contribution in [3.05, 3.63) is 23.9 Å². The first-order chi connectivity index (χ1) is 10.2. The van der Waals surface area contributed by atoms with Gasteiger partial charge in [0.1, 0.15) is 22.8 Å². The molecular formula is C15H17NO5. The Morgan fingerprint density at radius 2 is 1.76 bits per heavy atom. The number of methoxy groups -OCH3 is 3. The van der Waals surface area contributed by atoms with Gasteiger partial charge in [0.2, 0.25) is 0 Å². The average Bonchev–Trinajstić information content (AvgIpc) is 2.52. The summed E-state index contributed by atoms with van der Waals surface area (Å²) in [7, 11) is 4.40. The number of hydrogen-bond donors (Lipinski definition) is 0. The molecule has 0 aliphatic rings. The molecule has 1 aromatic carbocycles. The lowest BCUT2D eigenvalue weighted by molar-refractivity contribution is 0.0594. The van der Waals surface area contributed by atoms with Crippen LogP contribution >= 0.6 is 0 Å². The van der Waals surface area contributed by atoms with Crippen LogP contribution in [-0.2, 0) is 4.74 Å². The lowest BCUT2D eigenvalue weighted by Crippen LogP contribution is -2.07. The lowest BCUT2D eigenvalue weighted by Gasteiger charge is -2.14. The highest BCUT2D eigenvalue weighted by Gasteiger charge is 2.19. The highest BCUT2D eigenvalue weighted by atomic mass is 16.5. The van der Waals surface area contributed by atoms with Crippen molar-refractivity contribution >= 4 is 16.9 Å². The minimum Gasteiger partial charge on any atom is -0.496 e. The third-order valence-electron chi connectivity index (χ3n) is 2.98. The van der Waals surface area contributed by atoms with Crippen molar-refractivity contribution in [1.82, 2.24) is 4.98 Å². The first kappa shape index (κ1) is 14.9. The van der Waals surface area contributed by atoms with Crippen LogP contribution in [-0.4, -0.2) is 38.9 Å². The summed E-state index contributed by atoms with van der Waals surface area (Å²) >= 11 is 0. The zero-order chi connectivity index (χ0) is 15.4. The molecule has 2 aromatic rings. The standard InChI is InChI=1S/C15H17NO5/c1-5-21-12-8-9(15(17)20-4)16-14-11(19-3)7-6-10(18-2)13(12)14/h6-8H,5H2,1-4H3. The molecule has 0 N–H and O–H groups in total. The number of rotatable bonds is 5. The largest absolute Gasteiger partial charge is 0.496 e. The second-order valence-corrected chi connectivity index (χ2v) is 4.12. The minimum atomic E-state index is -0.539. The molecule has 0 atom stereocenters. The van der Waals surface area contributed by atoms with E-state index in [0.29, 0.717) is 34.8 Å². The van der Waals surface area contributed by atoms with Crippen molar-refractivity contribution in [2.45, 2.75) is 6.92 Å². The Balaban J connectivity index is 2.82. The number of fused-ring (bicyclic) bond motifs is 1. The monoisotopic (exact) mass is 291 g/mol. The molecule has 21 heavy (non-hydrogen) atoms. The highest BCUT2D eigenvalue weighted by Crippen LogP contribution is 2.38. The van der Waals surface area contributed by atoms with Gasteiger partial charge in [-0.1, -0.05) is 0 Å². The van der Waals surface area contributed by atoms with E-state index in [0.717, 1.165) is 0 Å². The van der Waals surface area contributed by atoms with Crippen LogP contribution in [0.5, 0.6) is 17.2 Å². The number of benzene rings is 1. The van der Waals surface area contributed by atoms with Crippen LogP contribution in [0.2, 0.25) is 0 Å². The first-order valence-electron chi connectivity index (χ1n) is 6.43. The average molecular weight is 291 g/mol. The van der Waals surface area contributed by atoms with Gasteiger partial charge in [0.05, 0.1) is 33.3 Å². The summed E-state index contributed by atoms with van der Waals surface area (Å²) in [6.07, 6.45) is 0. The Hall–Kier alpha value is -2.50. The summed E-state index contributed by atoms with van der Waals surface area (Å²) in [6, 6.07) is 5.04. The van der Waals surface area contributed by atoms with Crippen LogP contribution in [0.4, 0.5) is 0 Å². The third-order valence-corrected chi connectivity index (χ3v) is 2.98. The molecule has 0 aliphatic heterocycles. The van der Waals surface area contributed by atoms with E-state index in [1.807, 2.05) is 6.92 Å². The fourth-order valence-electron chi connectivity index (χ4n) is 2.07. The molecular weight excluding hydrogens is 274 g/mol. The molecule has 0 saturated carbocycles. The predicted molar refractivity (Wildman–Crippen MR) is 77.4 cm³/mol. The van der Waals surface area contributed by atoms with Crippen molar-refractivity contribution < 1.29 is 23.7 Å². The van der Waals surface area contributed by atoms with Gasteiger partial charge in [-0.05, 0) is 19.1 Å². The van der Waals surface area contributed by atoms with Crippen molar-refractivity contribution in [3.63, 3.8) is 0 Å². The van der Waals surface area contributed by atoms with Crippen molar-refractivity contribution in [1.29, 1.82) is 0 Å². The van der Waals surface area contributed by atoms with Gasteiger partial charge in [0.25, 0.3) is 0 Å². The zero-order valence-electron chi connectivity index (χ0n) is 12.4. The number of esters is 1. The number of ether oxygens (including phenoxy) is 4. The molecule has 0 spiro atoms. The quantitative estimate of drug-likeness (QED) is 0.788. The first-order valence-corrected chi connectivity index (χ1v) is 6.43. The molecule has 6 heteroatoms. The van der Waals surface area contributed by atoms with Gasteiger partial charge in [-0.15, -0.1) is 0 Å². The molecule has 2 rings (SSSR count). The molecule has 0 fully saturated rings. The third kappa shape index (κ3) is 2.69. The molecule has 0 radical (unpaired) electrons. The SMILES string of the molecule is CCOc1cc(C(=O)OC)nc2c(OC)ccc(OC)c12. The highest BCUT2D eigenvalue weighted by molar-refractivity contribution is 5.99. The van der Waals surface area contributed by atoms with Gasteiger partial charge in [-0.2, -0.15) is 0 Å². The van der Waals surface area contributed by atoms with E-state index in [9.17, 15) is 4.79 Å². The molecule has 0 bridgehead atoms. The summed E-state index contributed by atoms with van der Waals surface area (Å²) in [6.45, 7) is 2.30. The van der Waals surface area contributed by atoms with Crippen LogP contribution < -0.4 is 14.2 Å². The second kappa shape index (κ2) is 6.30. The Bertz CT molecular complexity index is 669. The van der Waals surface area contributed by atoms with Gasteiger partial charge >= 0.3 is 5.97 Å². The van der Waals surface area contributed by atoms with Crippen LogP contribution in [0.15, 0.2) is 18.2 Å². The molecule has 1 heterocycles. The maximum Gasteiger partial charge on any atom is 0.356 e. The van der Waals surface area contributed by atoms with Crippen LogP contribution in [0.3, 0.4) is 0 Å². The van der Waals surface area contributed by atoms with E-state index in [2.05, 4.69) is 4.98 Å². The minimum absolute atomic E-state index is 0.153. The van der Waals surface area contributed by atoms with Crippen LogP contribution in [0, 0.1) is 0 Å². The summed E-state index contributed by atoms with van der Waals surface area (Å²) in [5.74, 6) is 1.08. The number of pyridine rings is 1. The Morgan fingerprint density at radius 3 is 2.33 bits per heavy atom. The summed E-state index contributed by atoms with van der Waals surface area (Å²) in [5.41, 5.74) is 0.642. The molecule has 1 aromatic heterocycles. The van der Waals surface area contributed by atoms with E-state index in [1.54, 1.807) is 25.3 Å². The summed E-state index contributed by atoms with van der Waals surface area (Å²) in [4.78, 5) is 16.1. The van der Waals surface area contributed by atoms with Crippen LogP contribution in [0.25, 0.3) is 10.9 Å². The molecule has 0 unspecified atom stereocenters. The fraction of sp³-hybridized carbons (Fsp3) is 0.333. The van der Waals surface area contributed by atoms with E-state index < -0.39 is 5.97 Å². The van der Waals surface area contributed by atoms with Crippen LogP contribution in [0.1, 0.15) is 17.4 Å². The number of nitrogens with zero attached hydrogens (tertiary/aromatic N) is 1. The zero-order valence-corrected chi connectivity index (χ0v) is 12.4. The number of hydrogen-bond acceptors (Lipinski definition) is 6. The molecule has 0 amide bonds. The van der Waals surface area contributed by atoms with Gasteiger partial charge in [0.15, 0.2) is 5.69 Å². The maximum atomic E-state index is 11.8. The number of carbonyl (C=O) groups excluding carboxylic acids is 1. The topological polar surface area (TPSA) is 66.9 Å². The predicted octanol–water partition coefficient (Wildman–Crippen LogP) is 2.44. The second-order valence-electron chi connectivity index (χ2n) is 4.12.